The fraction of sp³-hybridized carbons (Fsp3) is 0.750. The average Bonchev–Trinajstić information content (AvgIpc) is 2.88. The summed E-state index contributed by atoms with van der Waals surface area (Å²) in [5, 5.41) is 7.73. The maximum absolute atomic E-state index is 12.6. The maximum atomic E-state index is 12.6. The molecule has 27 heavy (non-hydrogen) atoms. The van der Waals surface area contributed by atoms with E-state index in [2.05, 4.69) is 21.4 Å². The van der Waals surface area contributed by atoms with Crippen LogP contribution in [0.3, 0.4) is 0 Å². The molecule has 1 aromatic heterocycles. The number of likely N-dealkylation sites (tertiary alicyclic amines) is 1. The number of hydrogen-bond acceptors (Lipinski definition) is 4. The van der Waals surface area contributed by atoms with E-state index in [1.165, 1.54) is 12.8 Å². The fourth-order valence-electron chi connectivity index (χ4n) is 4.41. The predicted octanol–water partition coefficient (Wildman–Crippen LogP) is 1.52. The van der Waals surface area contributed by atoms with Crippen LogP contribution in [0.1, 0.15) is 56.3 Å². The summed E-state index contributed by atoms with van der Waals surface area (Å²) in [4.78, 5) is 29.2. The number of piperidine rings is 1. The van der Waals surface area contributed by atoms with Crippen molar-refractivity contribution in [1.29, 1.82) is 0 Å². The van der Waals surface area contributed by atoms with Gasteiger partial charge in [0.15, 0.2) is 0 Å². The number of nitrogens with zero attached hydrogens (tertiary/aromatic N) is 4. The fourth-order valence-corrected chi connectivity index (χ4v) is 4.41. The van der Waals surface area contributed by atoms with Gasteiger partial charge in [-0.25, -0.2) is 0 Å². The summed E-state index contributed by atoms with van der Waals surface area (Å²) in [6.07, 6.45) is 7.42. The minimum atomic E-state index is -0.0187. The third-order valence-electron chi connectivity index (χ3n) is 6.35. The van der Waals surface area contributed by atoms with Crippen molar-refractivity contribution >= 4 is 11.8 Å². The van der Waals surface area contributed by atoms with Crippen LogP contribution in [0.15, 0.2) is 6.07 Å². The molecule has 0 bridgehead atoms. The van der Waals surface area contributed by atoms with Crippen LogP contribution in [0.2, 0.25) is 0 Å². The van der Waals surface area contributed by atoms with Gasteiger partial charge in [0.2, 0.25) is 11.8 Å². The molecule has 148 valence electrons. The first kappa shape index (κ1) is 18.5. The first-order chi connectivity index (χ1) is 13.1. The summed E-state index contributed by atoms with van der Waals surface area (Å²) in [7, 11) is 2.02. The van der Waals surface area contributed by atoms with Crippen LogP contribution in [0, 0.1) is 5.92 Å². The molecule has 0 radical (unpaired) electrons. The number of likely N-dealkylation sites (N-methyl/N-ethyl adjacent to an activating group) is 1. The van der Waals surface area contributed by atoms with Gasteiger partial charge in [-0.15, -0.1) is 0 Å². The van der Waals surface area contributed by atoms with E-state index in [4.69, 9.17) is 0 Å². The number of carbonyl (C=O) groups excluding carboxylic acids is 2. The second-order valence-electron chi connectivity index (χ2n) is 8.30. The molecule has 2 amide bonds. The first-order valence-electron chi connectivity index (χ1n) is 10.4. The summed E-state index contributed by atoms with van der Waals surface area (Å²) in [6.45, 7) is 3.74. The first-order valence-corrected chi connectivity index (χ1v) is 10.4. The smallest absolute Gasteiger partial charge is 0.237 e. The van der Waals surface area contributed by atoms with Gasteiger partial charge in [-0.2, -0.15) is 5.10 Å². The molecule has 7 nitrogen and oxygen atoms in total. The topological polar surface area (TPSA) is 70.5 Å². The van der Waals surface area contributed by atoms with Crippen LogP contribution in [-0.4, -0.2) is 57.6 Å². The van der Waals surface area contributed by atoms with Crippen molar-refractivity contribution in [2.75, 3.05) is 20.1 Å². The molecule has 0 aromatic carbocycles. The second kappa shape index (κ2) is 8.00. The molecule has 0 spiro atoms. The van der Waals surface area contributed by atoms with Crippen LogP contribution in [0.25, 0.3) is 0 Å². The van der Waals surface area contributed by atoms with Crippen LogP contribution >= 0.6 is 0 Å². The Morgan fingerprint density at radius 2 is 1.96 bits per heavy atom. The van der Waals surface area contributed by atoms with Gasteiger partial charge in [0.1, 0.15) is 0 Å². The van der Waals surface area contributed by atoms with Gasteiger partial charge in [0.25, 0.3) is 0 Å². The standard InChI is InChI=1S/C20H31N5O2/c1-23-9-3-2-8-18(23)19(26)21-13-16-12-17-14-24(10-5-11-25(17)22-16)20(27)15-6-4-7-15/h12,15,18H,2-11,13-14H2,1H3,(H,21,26)/t18-/m0/s1. The van der Waals surface area contributed by atoms with Crippen LogP contribution in [-0.2, 0) is 29.2 Å². The Morgan fingerprint density at radius 1 is 1.11 bits per heavy atom. The average molecular weight is 374 g/mol. The minimum Gasteiger partial charge on any atom is -0.349 e. The normalized spacial score (nSPS) is 24.0. The van der Waals surface area contributed by atoms with E-state index < -0.39 is 0 Å². The summed E-state index contributed by atoms with van der Waals surface area (Å²) >= 11 is 0. The van der Waals surface area contributed by atoms with Crippen LogP contribution < -0.4 is 5.32 Å². The number of carbonyl (C=O) groups is 2. The van der Waals surface area contributed by atoms with Crippen molar-refractivity contribution < 1.29 is 9.59 Å². The lowest BCUT2D eigenvalue weighted by Gasteiger charge is -2.31. The molecule has 0 unspecified atom stereocenters. The highest BCUT2D eigenvalue weighted by Crippen LogP contribution is 2.29. The molecule has 1 saturated carbocycles. The number of rotatable bonds is 4. The molecule has 4 rings (SSSR count). The molecular weight excluding hydrogens is 342 g/mol. The Bertz CT molecular complexity index is 697. The van der Waals surface area contributed by atoms with E-state index in [0.717, 1.165) is 63.1 Å². The lowest BCUT2D eigenvalue weighted by molar-refractivity contribution is -0.138. The van der Waals surface area contributed by atoms with Crippen molar-refractivity contribution in [3.8, 4) is 0 Å². The van der Waals surface area contributed by atoms with Crippen molar-refractivity contribution in [3.63, 3.8) is 0 Å². The van der Waals surface area contributed by atoms with Gasteiger partial charge in [0, 0.05) is 19.0 Å². The van der Waals surface area contributed by atoms with Gasteiger partial charge in [-0.05, 0) is 51.8 Å². The Hall–Kier alpha value is -1.89. The van der Waals surface area contributed by atoms with Crippen molar-refractivity contribution in [1.82, 2.24) is 24.9 Å². The second-order valence-corrected chi connectivity index (χ2v) is 8.30. The Kier molecular flexibility index (Phi) is 5.48. The largest absolute Gasteiger partial charge is 0.349 e. The number of amides is 2. The molecule has 1 N–H and O–H groups in total. The highest BCUT2D eigenvalue weighted by atomic mass is 16.2. The third-order valence-corrected chi connectivity index (χ3v) is 6.35. The SMILES string of the molecule is CN1CCCC[C@H]1C(=O)NCc1cc2n(n1)CCCN(C(=O)C1CCC1)C2. The van der Waals surface area contributed by atoms with E-state index in [-0.39, 0.29) is 17.9 Å². The van der Waals surface area contributed by atoms with Crippen molar-refractivity contribution in [3.05, 3.63) is 17.5 Å². The number of nitrogens with one attached hydrogen (secondary N) is 1. The summed E-state index contributed by atoms with van der Waals surface area (Å²) in [6, 6.07) is 2.03. The van der Waals surface area contributed by atoms with E-state index in [0.29, 0.717) is 19.0 Å². The highest BCUT2D eigenvalue weighted by Gasteiger charge is 2.31. The summed E-state index contributed by atoms with van der Waals surface area (Å²) in [5.41, 5.74) is 1.97. The number of aromatic nitrogens is 2. The van der Waals surface area contributed by atoms with Crippen molar-refractivity contribution in [2.45, 2.75) is 70.6 Å². The zero-order valence-electron chi connectivity index (χ0n) is 16.3. The predicted molar refractivity (Wildman–Crippen MR) is 102 cm³/mol. The number of fused-ring (bicyclic) bond motifs is 1. The Morgan fingerprint density at radius 3 is 2.70 bits per heavy atom. The summed E-state index contributed by atoms with van der Waals surface area (Å²) < 4.78 is 2.02. The molecule has 3 heterocycles. The lowest BCUT2D eigenvalue weighted by Crippen LogP contribution is -2.47. The van der Waals surface area contributed by atoms with Gasteiger partial charge in [0.05, 0.1) is 30.5 Å². The monoisotopic (exact) mass is 373 g/mol. The van der Waals surface area contributed by atoms with Crippen LogP contribution in [0.4, 0.5) is 0 Å². The Labute approximate surface area is 161 Å². The molecule has 1 atom stereocenters. The lowest BCUT2D eigenvalue weighted by atomic mass is 9.84. The highest BCUT2D eigenvalue weighted by molar-refractivity contribution is 5.81. The Balaban J connectivity index is 1.35. The van der Waals surface area contributed by atoms with Crippen LogP contribution in [0.5, 0.6) is 0 Å². The molecule has 2 aliphatic heterocycles. The molecule has 1 aromatic rings. The van der Waals surface area contributed by atoms with E-state index in [9.17, 15) is 9.59 Å². The van der Waals surface area contributed by atoms with Gasteiger partial charge < -0.3 is 10.2 Å². The molecule has 2 fully saturated rings. The zero-order chi connectivity index (χ0) is 18.8. The molecule has 7 heteroatoms. The van der Waals surface area contributed by atoms with E-state index >= 15 is 0 Å². The number of hydrogen-bond donors (Lipinski definition) is 1. The molecular formula is C20H31N5O2. The minimum absolute atomic E-state index is 0.0187. The zero-order valence-corrected chi connectivity index (χ0v) is 16.3. The third kappa shape index (κ3) is 4.03. The van der Waals surface area contributed by atoms with Gasteiger partial charge in [-0.3, -0.25) is 19.2 Å². The summed E-state index contributed by atoms with van der Waals surface area (Å²) in [5.74, 6) is 0.652. The quantitative estimate of drug-likeness (QED) is 0.869. The van der Waals surface area contributed by atoms with Crippen molar-refractivity contribution in [2.24, 2.45) is 5.92 Å². The molecule has 1 saturated heterocycles. The maximum Gasteiger partial charge on any atom is 0.237 e. The van der Waals surface area contributed by atoms with Gasteiger partial charge >= 0.3 is 0 Å². The van der Waals surface area contributed by atoms with E-state index in [1.54, 1.807) is 0 Å². The number of aryl methyl sites for hydroxylation is 1. The van der Waals surface area contributed by atoms with Gasteiger partial charge in [-0.1, -0.05) is 12.8 Å². The van der Waals surface area contributed by atoms with E-state index in [1.807, 2.05) is 16.6 Å². The molecule has 3 aliphatic rings. The molecule has 1 aliphatic carbocycles.